The Balaban J connectivity index is 1.72. The summed E-state index contributed by atoms with van der Waals surface area (Å²) in [5, 5.41) is 4.44. The number of sulfone groups is 1. The van der Waals surface area contributed by atoms with Crippen molar-refractivity contribution in [3.63, 3.8) is 0 Å². The standard InChI is InChI=1S/C18H22N2O3S2/c1-11-5-4-6-15-12(2)9-16(20-17(11)15)24-13(3)18(21)19-14-7-8-25(22,23)10-14/h4-6,9,13-14H,7-8,10H2,1-3H3,(H,19,21)/t13-,14-/m1/s1. The summed E-state index contributed by atoms with van der Waals surface area (Å²) in [6.07, 6.45) is 0.498. The maximum absolute atomic E-state index is 12.4. The first-order valence-electron chi connectivity index (χ1n) is 8.29. The second-order valence-electron chi connectivity index (χ2n) is 6.62. The van der Waals surface area contributed by atoms with Gasteiger partial charge in [0, 0.05) is 11.4 Å². The minimum Gasteiger partial charge on any atom is -0.351 e. The SMILES string of the molecule is Cc1cc(S[C@H](C)C(=O)N[C@@H]2CCS(=O)(=O)C2)nc2c(C)cccc12. The summed E-state index contributed by atoms with van der Waals surface area (Å²) < 4.78 is 23.0. The van der Waals surface area contributed by atoms with Gasteiger partial charge >= 0.3 is 0 Å². The van der Waals surface area contributed by atoms with E-state index in [0.717, 1.165) is 27.1 Å². The highest BCUT2D eigenvalue weighted by molar-refractivity contribution is 8.00. The Morgan fingerprint density at radius 1 is 1.32 bits per heavy atom. The number of nitrogens with zero attached hydrogens (tertiary/aromatic N) is 1. The molecule has 1 aliphatic heterocycles. The smallest absolute Gasteiger partial charge is 0.233 e. The molecule has 1 N–H and O–H groups in total. The lowest BCUT2D eigenvalue weighted by atomic mass is 10.1. The topological polar surface area (TPSA) is 76.1 Å². The van der Waals surface area contributed by atoms with Crippen LogP contribution in [0.25, 0.3) is 10.9 Å². The largest absolute Gasteiger partial charge is 0.351 e. The number of carbonyl (C=O) groups is 1. The first kappa shape index (κ1) is 18.2. The van der Waals surface area contributed by atoms with Crippen molar-refractivity contribution in [1.82, 2.24) is 10.3 Å². The van der Waals surface area contributed by atoms with Crippen molar-refractivity contribution < 1.29 is 13.2 Å². The minimum absolute atomic E-state index is 0.0443. The van der Waals surface area contributed by atoms with Gasteiger partial charge in [-0.1, -0.05) is 30.0 Å². The molecule has 1 aromatic heterocycles. The number of hydrogen-bond donors (Lipinski definition) is 1. The van der Waals surface area contributed by atoms with E-state index in [0.29, 0.717) is 6.42 Å². The number of pyridine rings is 1. The highest BCUT2D eigenvalue weighted by atomic mass is 32.2. The molecular formula is C18H22N2O3S2. The predicted octanol–water partition coefficient (Wildman–Crippen LogP) is 2.64. The van der Waals surface area contributed by atoms with Gasteiger partial charge in [-0.2, -0.15) is 0 Å². The van der Waals surface area contributed by atoms with Crippen LogP contribution >= 0.6 is 11.8 Å². The molecule has 1 fully saturated rings. The fraction of sp³-hybridized carbons (Fsp3) is 0.444. The molecule has 0 saturated carbocycles. The van der Waals surface area contributed by atoms with Crippen molar-refractivity contribution in [2.24, 2.45) is 0 Å². The third-order valence-electron chi connectivity index (χ3n) is 4.47. The number of nitrogens with one attached hydrogen (secondary N) is 1. The zero-order valence-corrected chi connectivity index (χ0v) is 16.2. The average Bonchev–Trinajstić information content (AvgIpc) is 2.87. The molecular weight excluding hydrogens is 356 g/mol. The molecule has 5 nitrogen and oxygen atoms in total. The van der Waals surface area contributed by atoms with Crippen molar-refractivity contribution >= 4 is 38.4 Å². The van der Waals surface area contributed by atoms with E-state index in [1.54, 1.807) is 0 Å². The van der Waals surface area contributed by atoms with Gasteiger partial charge in [-0.15, -0.1) is 0 Å². The van der Waals surface area contributed by atoms with Crippen LogP contribution in [0.3, 0.4) is 0 Å². The number of carbonyl (C=O) groups excluding carboxylic acids is 1. The Morgan fingerprint density at radius 2 is 2.08 bits per heavy atom. The number of aryl methyl sites for hydroxylation is 2. The Bertz CT molecular complexity index is 925. The molecule has 2 aromatic rings. The average molecular weight is 379 g/mol. The van der Waals surface area contributed by atoms with Gasteiger partial charge in [-0.05, 0) is 44.4 Å². The third-order valence-corrected chi connectivity index (χ3v) is 7.26. The highest BCUT2D eigenvalue weighted by Crippen LogP contribution is 2.28. The number of fused-ring (bicyclic) bond motifs is 1. The lowest BCUT2D eigenvalue weighted by Crippen LogP contribution is -2.39. The lowest BCUT2D eigenvalue weighted by Gasteiger charge is -2.16. The van der Waals surface area contributed by atoms with Gasteiger partial charge in [0.05, 0.1) is 27.3 Å². The zero-order valence-electron chi connectivity index (χ0n) is 14.6. The van der Waals surface area contributed by atoms with Crippen molar-refractivity contribution in [3.05, 3.63) is 35.4 Å². The molecule has 3 rings (SSSR count). The summed E-state index contributed by atoms with van der Waals surface area (Å²) in [6.45, 7) is 5.89. The normalized spacial score (nSPS) is 20.5. The minimum atomic E-state index is -2.99. The Morgan fingerprint density at radius 3 is 2.76 bits per heavy atom. The van der Waals surface area contributed by atoms with Crippen LogP contribution in [0.1, 0.15) is 24.5 Å². The van der Waals surface area contributed by atoms with Gasteiger partial charge in [-0.25, -0.2) is 13.4 Å². The number of rotatable bonds is 4. The van der Waals surface area contributed by atoms with E-state index in [4.69, 9.17) is 4.98 Å². The van der Waals surface area contributed by atoms with Crippen LogP contribution in [0.4, 0.5) is 0 Å². The van der Waals surface area contributed by atoms with Crippen molar-refractivity contribution in [2.45, 2.75) is 43.5 Å². The number of benzene rings is 1. The van der Waals surface area contributed by atoms with Crippen LogP contribution in [-0.2, 0) is 14.6 Å². The summed E-state index contributed by atoms with van der Waals surface area (Å²) in [7, 11) is -2.99. The number of aromatic nitrogens is 1. The van der Waals surface area contributed by atoms with Crippen LogP contribution in [-0.4, -0.2) is 42.1 Å². The van der Waals surface area contributed by atoms with E-state index in [1.165, 1.54) is 11.8 Å². The van der Waals surface area contributed by atoms with E-state index in [1.807, 2.05) is 39.0 Å². The molecule has 7 heteroatoms. The zero-order chi connectivity index (χ0) is 18.2. The first-order valence-corrected chi connectivity index (χ1v) is 11.0. The molecule has 2 heterocycles. The molecule has 0 bridgehead atoms. The van der Waals surface area contributed by atoms with Crippen LogP contribution in [0.15, 0.2) is 29.3 Å². The summed E-state index contributed by atoms with van der Waals surface area (Å²) in [5.74, 6) is 0.0590. The van der Waals surface area contributed by atoms with Crippen LogP contribution in [0, 0.1) is 13.8 Å². The summed E-state index contributed by atoms with van der Waals surface area (Å²) in [4.78, 5) is 17.1. The molecule has 134 valence electrons. The van der Waals surface area contributed by atoms with Crippen LogP contribution in [0.5, 0.6) is 0 Å². The predicted molar refractivity (Wildman–Crippen MR) is 102 cm³/mol. The van der Waals surface area contributed by atoms with Gasteiger partial charge in [0.25, 0.3) is 0 Å². The molecule has 0 aliphatic carbocycles. The van der Waals surface area contributed by atoms with Crippen molar-refractivity contribution in [2.75, 3.05) is 11.5 Å². The number of thioether (sulfide) groups is 1. The van der Waals surface area contributed by atoms with Gasteiger partial charge in [0.1, 0.15) is 0 Å². The highest BCUT2D eigenvalue weighted by Gasteiger charge is 2.30. The van der Waals surface area contributed by atoms with Crippen LogP contribution in [0.2, 0.25) is 0 Å². The molecule has 1 saturated heterocycles. The van der Waals surface area contributed by atoms with E-state index in [2.05, 4.69) is 11.4 Å². The molecule has 0 unspecified atom stereocenters. The number of hydrogen-bond acceptors (Lipinski definition) is 5. The summed E-state index contributed by atoms with van der Waals surface area (Å²) in [5.41, 5.74) is 3.20. The Hall–Kier alpha value is -1.60. The Labute approximate surface area is 152 Å². The van der Waals surface area contributed by atoms with Gasteiger partial charge < -0.3 is 5.32 Å². The molecule has 1 aliphatic rings. The Kier molecular flexibility index (Phi) is 5.06. The van der Waals surface area contributed by atoms with E-state index in [-0.39, 0.29) is 28.7 Å². The first-order chi connectivity index (χ1) is 11.7. The summed E-state index contributed by atoms with van der Waals surface area (Å²) in [6, 6.07) is 7.82. The maximum atomic E-state index is 12.4. The number of amides is 1. The molecule has 25 heavy (non-hydrogen) atoms. The second-order valence-corrected chi connectivity index (χ2v) is 10.2. The molecule has 1 amide bonds. The molecule has 0 radical (unpaired) electrons. The van der Waals surface area contributed by atoms with E-state index in [9.17, 15) is 13.2 Å². The fourth-order valence-electron chi connectivity index (χ4n) is 3.05. The fourth-order valence-corrected chi connectivity index (χ4v) is 5.65. The monoisotopic (exact) mass is 378 g/mol. The van der Waals surface area contributed by atoms with E-state index < -0.39 is 9.84 Å². The van der Waals surface area contributed by atoms with Crippen LogP contribution < -0.4 is 5.32 Å². The van der Waals surface area contributed by atoms with Crippen molar-refractivity contribution in [3.8, 4) is 0 Å². The van der Waals surface area contributed by atoms with Gasteiger partial charge in [-0.3, -0.25) is 4.79 Å². The maximum Gasteiger partial charge on any atom is 0.233 e. The second kappa shape index (κ2) is 6.96. The van der Waals surface area contributed by atoms with Gasteiger partial charge in [0.15, 0.2) is 9.84 Å². The van der Waals surface area contributed by atoms with E-state index >= 15 is 0 Å². The van der Waals surface area contributed by atoms with Gasteiger partial charge in [0.2, 0.25) is 5.91 Å². The molecule has 0 spiro atoms. The number of para-hydroxylation sites is 1. The lowest BCUT2D eigenvalue weighted by molar-refractivity contribution is -0.120. The third kappa shape index (κ3) is 4.15. The molecule has 2 atom stereocenters. The summed E-state index contributed by atoms with van der Waals surface area (Å²) >= 11 is 1.40. The van der Waals surface area contributed by atoms with Crippen molar-refractivity contribution in [1.29, 1.82) is 0 Å². The molecule has 1 aromatic carbocycles. The quantitative estimate of drug-likeness (QED) is 0.828.